The molecule has 1 fully saturated rings. The molecule has 8 heteroatoms. The molecule has 0 aromatic heterocycles. The van der Waals surface area contributed by atoms with Crippen molar-refractivity contribution < 1.29 is 17.9 Å². The van der Waals surface area contributed by atoms with Crippen molar-refractivity contribution in [3.63, 3.8) is 0 Å². The van der Waals surface area contributed by atoms with Gasteiger partial charge in [0.1, 0.15) is 0 Å². The lowest BCUT2D eigenvalue weighted by Crippen LogP contribution is -2.47. The summed E-state index contributed by atoms with van der Waals surface area (Å²) in [7, 11) is -1.50. The molecule has 142 valence electrons. The van der Waals surface area contributed by atoms with Crippen LogP contribution in [0.1, 0.15) is 24.9 Å². The molecule has 0 saturated carbocycles. The lowest BCUT2D eigenvalue weighted by molar-refractivity contribution is -0.138. The van der Waals surface area contributed by atoms with Crippen molar-refractivity contribution in [3.05, 3.63) is 35.9 Å². The number of sulfone groups is 1. The number of carbonyl (C=O) groups excluding carboxylic acids is 1. The minimum Gasteiger partial charge on any atom is -0.383 e. The van der Waals surface area contributed by atoms with E-state index in [0.29, 0.717) is 19.6 Å². The Balaban J connectivity index is 0.00000312. The fraction of sp³-hybridized carbons (Fsp3) is 0.588. The highest BCUT2D eigenvalue weighted by Gasteiger charge is 2.37. The number of methoxy groups -OCH3 is 1. The molecule has 2 rings (SSSR count). The average molecular weight is 391 g/mol. The first-order valence-corrected chi connectivity index (χ1v) is 9.98. The largest absolute Gasteiger partial charge is 0.383 e. The Bertz CT molecular complexity index is 654. The van der Waals surface area contributed by atoms with E-state index in [9.17, 15) is 13.2 Å². The van der Waals surface area contributed by atoms with E-state index in [0.717, 1.165) is 5.56 Å². The first-order chi connectivity index (χ1) is 11.4. The van der Waals surface area contributed by atoms with Crippen molar-refractivity contribution in [2.45, 2.75) is 25.4 Å². The molecule has 3 atom stereocenters. The van der Waals surface area contributed by atoms with Crippen molar-refractivity contribution in [1.29, 1.82) is 0 Å². The average Bonchev–Trinajstić information content (AvgIpc) is 2.94. The summed E-state index contributed by atoms with van der Waals surface area (Å²) in [6.45, 7) is 2.54. The van der Waals surface area contributed by atoms with E-state index in [-0.39, 0.29) is 35.9 Å². The van der Waals surface area contributed by atoms with E-state index in [1.54, 1.807) is 18.9 Å². The maximum absolute atomic E-state index is 13.0. The van der Waals surface area contributed by atoms with Crippen LogP contribution < -0.4 is 5.73 Å². The molecule has 6 nitrogen and oxygen atoms in total. The third-order valence-corrected chi connectivity index (χ3v) is 6.33. The number of ether oxygens (including phenoxy) is 1. The van der Waals surface area contributed by atoms with Crippen molar-refractivity contribution >= 4 is 28.2 Å². The third-order valence-electron chi connectivity index (χ3n) is 4.58. The summed E-state index contributed by atoms with van der Waals surface area (Å²) in [5, 5.41) is 0. The second kappa shape index (κ2) is 9.52. The maximum Gasteiger partial charge on any atom is 0.227 e. The highest BCUT2D eigenvalue weighted by molar-refractivity contribution is 7.91. The van der Waals surface area contributed by atoms with Crippen molar-refractivity contribution in [3.8, 4) is 0 Å². The number of hydrogen-bond donors (Lipinski definition) is 1. The van der Waals surface area contributed by atoms with Crippen LogP contribution in [0.2, 0.25) is 0 Å². The fourth-order valence-corrected chi connectivity index (χ4v) is 4.79. The van der Waals surface area contributed by atoms with Crippen LogP contribution in [-0.4, -0.2) is 57.0 Å². The second-order valence-electron chi connectivity index (χ2n) is 6.31. The summed E-state index contributed by atoms with van der Waals surface area (Å²) in [6.07, 6.45) is 0.477. The van der Waals surface area contributed by atoms with Crippen molar-refractivity contribution in [2.75, 3.05) is 31.8 Å². The first kappa shape index (κ1) is 21.9. The van der Waals surface area contributed by atoms with Crippen LogP contribution in [0.5, 0.6) is 0 Å². The summed E-state index contributed by atoms with van der Waals surface area (Å²) < 4.78 is 28.6. The molecule has 1 aromatic rings. The summed E-state index contributed by atoms with van der Waals surface area (Å²) in [5.41, 5.74) is 7.15. The van der Waals surface area contributed by atoms with Crippen LogP contribution in [0, 0.1) is 5.92 Å². The quantitative estimate of drug-likeness (QED) is 0.760. The van der Waals surface area contributed by atoms with Gasteiger partial charge in [-0.3, -0.25) is 4.79 Å². The number of carbonyl (C=O) groups is 1. The molecular formula is C17H27ClN2O4S. The van der Waals surface area contributed by atoms with E-state index < -0.39 is 21.8 Å². The lowest BCUT2D eigenvalue weighted by atomic mass is 9.93. The standard InChI is InChI=1S/C17H26N2O4S.ClH/c1-13(16(18)14-6-4-3-5-7-14)17(20)19(9-10-23-2)15-8-11-24(21,22)12-15;/h3-7,13,15-16H,8-12,18H2,1-2H3;1H. The number of hydrogen-bond acceptors (Lipinski definition) is 5. The van der Waals surface area contributed by atoms with Crippen LogP contribution in [0.25, 0.3) is 0 Å². The molecule has 1 amide bonds. The molecule has 1 aromatic carbocycles. The Kier molecular flexibility index (Phi) is 8.34. The zero-order valence-electron chi connectivity index (χ0n) is 14.6. The predicted octanol–water partition coefficient (Wildman–Crippen LogP) is 1.41. The Morgan fingerprint density at radius 1 is 1.36 bits per heavy atom. The molecule has 0 bridgehead atoms. The van der Waals surface area contributed by atoms with Gasteiger partial charge in [-0.2, -0.15) is 0 Å². The normalized spacial score (nSPS) is 21.2. The topological polar surface area (TPSA) is 89.7 Å². The molecule has 1 heterocycles. The van der Waals surface area contributed by atoms with Crippen LogP contribution >= 0.6 is 12.4 Å². The smallest absolute Gasteiger partial charge is 0.227 e. The fourth-order valence-electron chi connectivity index (χ4n) is 3.06. The molecular weight excluding hydrogens is 364 g/mol. The molecule has 0 spiro atoms. The van der Waals surface area contributed by atoms with Gasteiger partial charge >= 0.3 is 0 Å². The number of nitrogens with two attached hydrogens (primary N) is 1. The van der Waals surface area contributed by atoms with E-state index in [1.165, 1.54) is 0 Å². The van der Waals surface area contributed by atoms with Crippen LogP contribution in [0.3, 0.4) is 0 Å². The minimum absolute atomic E-state index is 0. The number of nitrogens with zero attached hydrogens (tertiary/aromatic N) is 1. The zero-order valence-corrected chi connectivity index (χ0v) is 16.3. The molecule has 0 aliphatic carbocycles. The highest BCUT2D eigenvalue weighted by atomic mass is 35.5. The summed E-state index contributed by atoms with van der Waals surface area (Å²) >= 11 is 0. The molecule has 3 unspecified atom stereocenters. The lowest BCUT2D eigenvalue weighted by Gasteiger charge is -2.32. The molecule has 1 aliphatic rings. The van der Waals surface area contributed by atoms with E-state index in [4.69, 9.17) is 10.5 Å². The Labute approximate surface area is 156 Å². The Hall–Kier alpha value is -1.15. The van der Waals surface area contributed by atoms with E-state index in [2.05, 4.69) is 0 Å². The van der Waals surface area contributed by atoms with Gasteiger partial charge in [0.25, 0.3) is 0 Å². The SMILES string of the molecule is COCCN(C(=O)C(C)C(N)c1ccccc1)C1CCS(=O)(=O)C1.Cl. The number of rotatable bonds is 7. The molecule has 1 aliphatic heterocycles. The third kappa shape index (κ3) is 5.67. The number of halogens is 1. The van der Waals surface area contributed by atoms with Gasteiger partial charge in [-0.15, -0.1) is 12.4 Å². The van der Waals surface area contributed by atoms with Gasteiger partial charge < -0.3 is 15.4 Å². The summed E-state index contributed by atoms with van der Waals surface area (Å²) in [4.78, 5) is 14.6. The van der Waals surface area contributed by atoms with Crippen molar-refractivity contribution in [2.24, 2.45) is 11.7 Å². The molecule has 0 radical (unpaired) electrons. The van der Waals surface area contributed by atoms with Crippen molar-refractivity contribution in [1.82, 2.24) is 4.90 Å². The van der Waals surface area contributed by atoms with E-state index in [1.807, 2.05) is 30.3 Å². The Morgan fingerprint density at radius 3 is 2.52 bits per heavy atom. The molecule has 25 heavy (non-hydrogen) atoms. The van der Waals surface area contributed by atoms with Gasteiger partial charge in [0.05, 0.1) is 24.0 Å². The van der Waals surface area contributed by atoms with Gasteiger partial charge in [0, 0.05) is 25.7 Å². The predicted molar refractivity (Wildman–Crippen MR) is 100 cm³/mol. The Morgan fingerprint density at radius 2 is 2.00 bits per heavy atom. The minimum atomic E-state index is -3.06. The van der Waals surface area contributed by atoms with E-state index >= 15 is 0 Å². The zero-order chi connectivity index (χ0) is 17.7. The van der Waals surface area contributed by atoms with Crippen LogP contribution in [-0.2, 0) is 19.4 Å². The first-order valence-electron chi connectivity index (χ1n) is 8.16. The van der Waals surface area contributed by atoms with Crippen LogP contribution in [0.4, 0.5) is 0 Å². The summed E-state index contributed by atoms with van der Waals surface area (Å²) in [6, 6.07) is 8.75. The van der Waals surface area contributed by atoms with Gasteiger partial charge in [-0.05, 0) is 12.0 Å². The van der Waals surface area contributed by atoms with Crippen LogP contribution in [0.15, 0.2) is 30.3 Å². The highest BCUT2D eigenvalue weighted by Crippen LogP contribution is 2.25. The van der Waals surface area contributed by atoms with Gasteiger partial charge in [-0.25, -0.2) is 8.42 Å². The summed E-state index contributed by atoms with van der Waals surface area (Å²) in [5.74, 6) is -0.401. The second-order valence-corrected chi connectivity index (χ2v) is 8.54. The monoisotopic (exact) mass is 390 g/mol. The molecule has 2 N–H and O–H groups in total. The molecule has 1 saturated heterocycles. The van der Waals surface area contributed by atoms with Gasteiger partial charge in [0.2, 0.25) is 5.91 Å². The number of benzene rings is 1. The van der Waals surface area contributed by atoms with Gasteiger partial charge in [-0.1, -0.05) is 37.3 Å². The van der Waals surface area contributed by atoms with Gasteiger partial charge in [0.15, 0.2) is 9.84 Å². The maximum atomic E-state index is 13.0. The number of amides is 1.